The highest BCUT2D eigenvalue weighted by atomic mass is 127. The van der Waals surface area contributed by atoms with Gasteiger partial charge in [-0.15, -0.1) is 34.2 Å². The highest BCUT2D eigenvalue weighted by Crippen LogP contribution is 2.21. The van der Waals surface area contributed by atoms with Crippen LogP contribution in [-0.4, -0.2) is 45.8 Å². The van der Waals surface area contributed by atoms with Crippen molar-refractivity contribution in [2.45, 2.75) is 32.7 Å². The molecule has 0 amide bonds. The van der Waals surface area contributed by atoms with Gasteiger partial charge in [0, 0.05) is 27.2 Å². The number of aliphatic imine (C=N–C) groups is 1. The van der Waals surface area contributed by atoms with E-state index >= 15 is 0 Å². The third-order valence-electron chi connectivity index (χ3n) is 5.08. The molecular weight excluding hydrogens is 439 g/mol. The van der Waals surface area contributed by atoms with E-state index in [1.807, 2.05) is 25.6 Å². The van der Waals surface area contributed by atoms with E-state index in [2.05, 4.69) is 55.7 Å². The Hall–Kier alpha value is -1.64. The number of likely N-dealkylation sites (tertiary alicyclic amines) is 1. The molecule has 2 heterocycles. The summed E-state index contributed by atoms with van der Waals surface area (Å²) in [4.78, 5) is 6.80. The zero-order valence-electron chi connectivity index (χ0n) is 15.9. The number of piperidine rings is 1. The Morgan fingerprint density at radius 3 is 2.46 bits per heavy atom. The maximum Gasteiger partial charge on any atom is 0.194 e. The van der Waals surface area contributed by atoms with E-state index in [1.165, 1.54) is 24.8 Å². The minimum atomic E-state index is 0. The van der Waals surface area contributed by atoms with Gasteiger partial charge < -0.3 is 14.8 Å². The fourth-order valence-electron chi connectivity index (χ4n) is 3.39. The second-order valence-corrected chi connectivity index (χ2v) is 6.74. The van der Waals surface area contributed by atoms with E-state index in [1.54, 1.807) is 0 Å². The Bertz CT molecular complexity index is 704. The quantitative estimate of drug-likeness (QED) is 0.426. The van der Waals surface area contributed by atoms with Crippen LogP contribution in [0, 0.1) is 12.8 Å². The first-order valence-corrected chi connectivity index (χ1v) is 9.01. The first-order valence-electron chi connectivity index (χ1n) is 9.01. The molecule has 2 aromatic rings. The second-order valence-electron chi connectivity index (χ2n) is 6.74. The van der Waals surface area contributed by atoms with Crippen molar-refractivity contribution in [3.8, 4) is 0 Å². The van der Waals surface area contributed by atoms with E-state index in [0.717, 1.165) is 36.6 Å². The average molecular weight is 468 g/mol. The molecule has 26 heavy (non-hydrogen) atoms. The fourth-order valence-corrected chi connectivity index (χ4v) is 3.39. The van der Waals surface area contributed by atoms with Gasteiger partial charge in [-0.25, -0.2) is 0 Å². The monoisotopic (exact) mass is 468 g/mol. The number of aromatic nitrogens is 3. The summed E-state index contributed by atoms with van der Waals surface area (Å²) in [5.41, 5.74) is 1.45. The Balaban J connectivity index is 0.00000243. The molecule has 1 fully saturated rings. The smallest absolute Gasteiger partial charge is 0.194 e. The van der Waals surface area contributed by atoms with Gasteiger partial charge in [0.2, 0.25) is 0 Å². The van der Waals surface area contributed by atoms with Crippen molar-refractivity contribution in [2.75, 3.05) is 20.1 Å². The van der Waals surface area contributed by atoms with Crippen LogP contribution in [0.25, 0.3) is 0 Å². The Labute approximate surface area is 173 Å². The largest absolute Gasteiger partial charge is 0.349 e. The Morgan fingerprint density at radius 2 is 1.88 bits per heavy atom. The molecule has 1 N–H and O–H groups in total. The molecular formula is C19H29IN6. The molecule has 1 aromatic heterocycles. The van der Waals surface area contributed by atoms with Crippen LogP contribution >= 0.6 is 24.0 Å². The number of aryl methyl sites for hydroxylation is 1. The zero-order chi connectivity index (χ0) is 17.6. The summed E-state index contributed by atoms with van der Waals surface area (Å²) in [6, 6.07) is 10.8. The van der Waals surface area contributed by atoms with Gasteiger partial charge in [0.05, 0.1) is 6.54 Å². The van der Waals surface area contributed by atoms with Crippen LogP contribution < -0.4 is 5.32 Å². The predicted octanol–water partition coefficient (Wildman–Crippen LogP) is 2.77. The number of nitrogens with zero attached hydrogens (tertiary/aromatic N) is 5. The maximum atomic E-state index is 4.45. The van der Waals surface area contributed by atoms with Gasteiger partial charge in [-0.2, -0.15) is 0 Å². The standard InChI is InChI=1S/C19H28N6.HI/c1-15-22-23-18(24(15)3)14-21-19(20-2)25-11-9-17(10-12-25)13-16-7-5-4-6-8-16;/h4-8,17H,9-14H2,1-3H3,(H,20,21);1H. The molecule has 6 nitrogen and oxygen atoms in total. The van der Waals surface area contributed by atoms with Gasteiger partial charge in [-0.3, -0.25) is 4.99 Å². The van der Waals surface area contributed by atoms with E-state index in [-0.39, 0.29) is 24.0 Å². The molecule has 0 radical (unpaired) electrons. The van der Waals surface area contributed by atoms with Gasteiger partial charge >= 0.3 is 0 Å². The van der Waals surface area contributed by atoms with Crippen LogP contribution in [0.3, 0.4) is 0 Å². The molecule has 1 saturated heterocycles. The van der Waals surface area contributed by atoms with Gasteiger partial charge in [0.1, 0.15) is 5.82 Å². The molecule has 0 bridgehead atoms. The van der Waals surface area contributed by atoms with Gasteiger partial charge in [0.15, 0.2) is 11.8 Å². The Morgan fingerprint density at radius 1 is 1.19 bits per heavy atom. The molecule has 1 aromatic carbocycles. The van der Waals surface area contributed by atoms with E-state index in [0.29, 0.717) is 6.54 Å². The first kappa shape index (κ1) is 20.7. The van der Waals surface area contributed by atoms with Crippen LogP contribution in [0.2, 0.25) is 0 Å². The average Bonchev–Trinajstić information content (AvgIpc) is 2.96. The normalized spacial score (nSPS) is 15.7. The molecule has 1 aliphatic heterocycles. The van der Waals surface area contributed by atoms with Crippen molar-refractivity contribution in [2.24, 2.45) is 18.0 Å². The van der Waals surface area contributed by atoms with Crippen LogP contribution in [-0.2, 0) is 20.0 Å². The van der Waals surface area contributed by atoms with Crippen LogP contribution in [0.5, 0.6) is 0 Å². The molecule has 1 aliphatic rings. The summed E-state index contributed by atoms with van der Waals surface area (Å²) in [5.74, 6) is 3.57. The van der Waals surface area contributed by atoms with Crippen molar-refractivity contribution >= 4 is 29.9 Å². The number of guanidine groups is 1. The first-order chi connectivity index (χ1) is 12.2. The number of hydrogen-bond acceptors (Lipinski definition) is 3. The lowest BCUT2D eigenvalue weighted by molar-refractivity contribution is 0.258. The zero-order valence-corrected chi connectivity index (χ0v) is 18.2. The maximum absolute atomic E-state index is 4.45. The summed E-state index contributed by atoms with van der Waals surface area (Å²) in [6.07, 6.45) is 3.59. The van der Waals surface area contributed by atoms with Crippen molar-refractivity contribution in [1.82, 2.24) is 25.0 Å². The lowest BCUT2D eigenvalue weighted by Crippen LogP contribution is -2.45. The number of nitrogens with one attached hydrogen (secondary N) is 1. The van der Waals surface area contributed by atoms with Crippen LogP contribution in [0.15, 0.2) is 35.3 Å². The van der Waals surface area contributed by atoms with Crippen molar-refractivity contribution in [3.63, 3.8) is 0 Å². The summed E-state index contributed by atoms with van der Waals surface area (Å²) >= 11 is 0. The second kappa shape index (κ2) is 9.89. The third kappa shape index (κ3) is 5.18. The minimum Gasteiger partial charge on any atom is -0.349 e. The lowest BCUT2D eigenvalue weighted by atomic mass is 9.90. The number of halogens is 1. The Kier molecular flexibility index (Phi) is 7.86. The molecule has 7 heteroatoms. The van der Waals surface area contributed by atoms with Crippen molar-refractivity contribution < 1.29 is 0 Å². The molecule has 0 spiro atoms. The number of benzene rings is 1. The lowest BCUT2D eigenvalue weighted by Gasteiger charge is -2.34. The summed E-state index contributed by atoms with van der Waals surface area (Å²) in [6.45, 7) is 4.71. The highest BCUT2D eigenvalue weighted by Gasteiger charge is 2.21. The van der Waals surface area contributed by atoms with E-state index in [9.17, 15) is 0 Å². The van der Waals surface area contributed by atoms with Gasteiger partial charge in [-0.05, 0) is 37.7 Å². The summed E-state index contributed by atoms with van der Waals surface area (Å²) < 4.78 is 2.01. The molecule has 0 atom stereocenters. The van der Waals surface area contributed by atoms with Crippen LogP contribution in [0.4, 0.5) is 0 Å². The summed E-state index contributed by atoms with van der Waals surface area (Å²) in [7, 11) is 3.84. The van der Waals surface area contributed by atoms with Crippen molar-refractivity contribution in [3.05, 3.63) is 47.5 Å². The number of hydrogen-bond donors (Lipinski definition) is 1. The molecule has 142 valence electrons. The van der Waals surface area contributed by atoms with Crippen LogP contribution in [0.1, 0.15) is 30.1 Å². The SMILES string of the molecule is CN=C(NCc1nnc(C)n1C)N1CCC(Cc2ccccc2)CC1.I. The molecule has 0 unspecified atom stereocenters. The topological polar surface area (TPSA) is 58.3 Å². The van der Waals surface area contributed by atoms with Crippen molar-refractivity contribution in [1.29, 1.82) is 0 Å². The molecule has 0 saturated carbocycles. The molecule has 3 rings (SSSR count). The third-order valence-corrected chi connectivity index (χ3v) is 5.08. The van der Waals surface area contributed by atoms with Gasteiger partial charge in [0.25, 0.3) is 0 Å². The van der Waals surface area contributed by atoms with E-state index < -0.39 is 0 Å². The number of rotatable bonds is 4. The highest BCUT2D eigenvalue weighted by molar-refractivity contribution is 14.0. The van der Waals surface area contributed by atoms with E-state index in [4.69, 9.17) is 0 Å². The van der Waals surface area contributed by atoms with Gasteiger partial charge in [-0.1, -0.05) is 30.3 Å². The minimum absolute atomic E-state index is 0. The molecule has 0 aliphatic carbocycles. The predicted molar refractivity (Wildman–Crippen MR) is 116 cm³/mol. The fraction of sp³-hybridized carbons (Fsp3) is 0.526. The summed E-state index contributed by atoms with van der Waals surface area (Å²) in [5, 5.41) is 11.7.